The Bertz CT molecular complexity index is 1090. The number of nitrogens with zero attached hydrogens (tertiary/aromatic N) is 2. The first-order chi connectivity index (χ1) is 16.3. The fraction of sp³-hybridized carbons (Fsp3) is 0.400. The molecule has 180 valence electrons. The smallest absolute Gasteiger partial charge is 0.325 e. The predicted molar refractivity (Wildman–Crippen MR) is 125 cm³/mol. The molecule has 34 heavy (non-hydrogen) atoms. The monoisotopic (exact) mass is 487 g/mol. The molecule has 0 aliphatic carbocycles. The SMILES string of the molecule is COCCN1C(=O)NC(Cc2cccc(F)c2)(C2CCN(C(=O)c3cccc(Cl)c3)CC2)C1=O. The van der Waals surface area contributed by atoms with Gasteiger partial charge in [-0.15, -0.1) is 0 Å². The van der Waals surface area contributed by atoms with Gasteiger partial charge in [0.2, 0.25) is 0 Å². The fourth-order valence-electron chi connectivity index (χ4n) is 4.92. The normalized spacial score (nSPS) is 21.1. The number of methoxy groups -OCH3 is 1. The van der Waals surface area contributed by atoms with Crippen LogP contribution >= 0.6 is 11.6 Å². The van der Waals surface area contributed by atoms with E-state index in [-0.39, 0.29) is 37.3 Å². The Hall–Kier alpha value is -2.97. The summed E-state index contributed by atoms with van der Waals surface area (Å²) in [5, 5.41) is 3.43. The molecular formula is C25H27ClFN3O4. The van der Waals surface area contributed by atoms with E-state index in [1.165, 1.54) is 24.1 Å². The molecule has 0 radical (unpaired) electrons. The van der Waals surface area contributed by atoms with E-state index >= 15 is 0 Å². The minimum Gasteiger partial charge on any atom is -0.383 e. The van der Waals surface area contributed by atoms with Crippen LogP contribution in [-0.2, 0) is 16.0 Å². The number of imide groups is 1. The molecule has 4 amide bonds. The summed E-state index contributed by atoms with van der Waals surface area (Å²) in [6, 6.07) is 12.4. The number of nitrogens with one attached hydrogen (secondary N) is 1. The number of hydrogen-bond acceptors (Lipinski definition) is 4. The number of ether oxygens (including phenoxy) is 1. The number of urea groups is 1. The molecule has 0 aromatic heterocycles. The molecule has 1 unspecified atom stereocenters. The lowest BCUT2D eigenvalue weighted by atomic mass is 9.73. The molecule has 0 spiro atoms. The second kappa shape index (κ2) is 10.1. The zero-order chi connectivity index (χ0) is 24.3. The zero-order valence-electron chi connectivity index (χ0n) is 18.9. The quantitative estimate of drug-likeness (QED) is 0.606. The van der Waals surface area contributed by atoms with E-state index in [4.69, 9.17) is 16.3 Å². The summed E-state index contributed by atoms with van der Waals surface area (Å²) in [6.07, 6.45) is 1.21. The molecule has 9 heteroatoms. The van der Waals surface area contributed by atoms with Crippen LogP contribution in [0.2, 0.25) is 5.02 Å². The summed E-state index contributed by atoms with van der Waals surface area (Å²) in [5.74, 6) is -1.08. The largest absolute Gasteiger partial charge is 0.383 e. The molecule has 7 nitrogen and oxygen atoms in total. The molecular weight excluding hydrogens is 461 g/mol. The van der Waals surface area contributed by atoms with Gasteiger partial charge in [0.05, 0.1) is 13.2 Å². The molecule has 2 fully saturated rings. The van der Waals surface area contributed by atoms with Gasteiger partial charge in [-0.1, -0.05) is 29.8 Å². The van der Waals surface area contributed by atoms with Gasteiger partial charge in [-0.3, -0.25) is 14.5 Å². The van der Waals surface area contributed by atoms with Crippen LogP contribution in [0, 0.1) is 11.7 Å². The molecule has 4 rings (SSSR count). The van der Waals surface area contributed by atoms with E-state index in [2.05, 4.69) is 5.32 Å². The van der Waals surface area contributed by atoms with Crippen molar-refractivity contribution in [2.24, 2.45) is 5.92 Å². The number of carbonyl (C=O) groups excluding carboxylic acids is 3. The van der Waals surface area contributed by atoms with Gasteiger partial charge in [0, 0.05) is 37.2 Å². The van der Waals surface area contributed by atoms with Crippen molar-refractivity contribution in [1.82, 2.24) is 15.1 Å². The number of likely N-dealkylation sites (tertiary alicyclic amines) is 1. The van der Waals surface area contributed by atoms with Crippen LogP contribution in [0.4, 0.5) is 9.18 Å². The predicted octanol–water partition coefficient (Wildman–Crippen LogP) is 3.51. The lowest BCUT2D eigenvalue weighted by Gasteiger charge is -2.41. The minimum absolute atomic E-state index is 0.122. The Morgan fingerprint density at radius 2 is 1.91 bits per heavy atom. The number of hydrogen-bond donors (Lipinski definition) is 1. The fourth-order valence-corrected chi connectivity index (χ4v) is 5.11. The Kier molecular flexibility index (Phi) is 7.19. The van der Waals surface area contributed by atoms with Crippen LogP contribution < -0.4 is 5.32 Å². The lowest BCUT2D eigenvalue weighted by Crippen LogP contribution is -2.58. The van der Waals surface area contributed by atoms with E-state index in [0.717, 1.165) is 0 Å². The second-order valence-electron chi connectivity index (χ2n) is 8.73. The van der Waals surface area contributed by atoms with E-state index in [1.807, 2.05) is 0 Å². The molecule has 1 N–H and O–H groups in total. The second-order valence-corrected chi connectivity index (χ2v) is 9.17. The highest BCUT2D eigenvalue weighted by molar-refractivity contribution is 6.30. The Balaban J connectivity index is 1.56. The van der Waals surface area contributed by atoms with Crippen molar-refractivity contribution in [3.8, 4) is 0 Å². The lowest BCUT2D eigenvalue weighted by molar-refractivity contribution is -0.134. The minimum atomic E-state index is -1.20. The molecule has 2 aliphatic heterocycles. The number of benzene rings is 2. The highest BCUT2D eigenvalue weighted by Crippen LogP contribution is 2.37. The van der Waals surface area contributed by atoms with Crippen molar-refractivity contribution < 1.29 is 23.5 Å². The van der Waals surface area contributed by atoms with Crippen LogP contribution in [0.15, 0.2) is 48.5 Å². The summed E-state index contributed by atoms with van der Waals surface area (Å²) >= 11 is 6.03. The summed E-state index contributed by atoms with van der Waals surface area (Å²) in [4.78, 5) is 42.2. The van der Waals surface area contributed by atoms with Crippen LogP contribution in [0.3, 0.4) is 0 Å². The molecule has 0 bridgehead atoms. The first-order valence-corrected chi connectivity index (χ1v) is 11.6. The van der Waals surface area contributed by atoms with E-state index in [0.29, 0.717) is 42.1 Å². The molecule has 2 aromatic carbocycles. The molecule has 2 aliphatic rings. The zero-order valence-corrected chi connectivity index (χ0v) is 19.7. The molecule has 2 aromatic rings. The van der Waals surface area contributed by atoms with Crippen molar-refractivity contribution in [1.29, 1.82) is 0 Å². The topological polar surface area (TPSA) is 79.0 Å². The van der Waals surface area contributed by atoms with Crippen LogP contribution in [0.25, 0.3) is 0 Å². The number of halogens is 2. The van der Waals surface area contributed by atoms with Crippen molar-refractivity contribution >= 4 is 29.4 Å². The highest BCUT2D eigenvalue weighted by atomic mass is 35.5. The van der Waals surface area contributed by atoms with Crippen molar-refractivity contribution in [2.45, 2.75) is 24.8 Å². The molecule has 1 atom stereocenters. The molecule has 0 saturated carbocycles. The van der Waals surface area contributed by atoms with Crippen LogP contribution in [0.5, 0.6) is 0 Å². The average Bonchev–Trinajstić information content (AvgIpc) is 3.06. The first-order valence-electron chi connectivity index (χ1n) is 11.3. The Labute approximate surface area is 202 Å². The van der Waals surface area contributed by atoms with E-state index < -0.39 is 17.4 Å². The van der Waals surface area contributed by atoms with Crippen molar-refractivity contribution in [2.75, 3.05) is 33.4 Å². The van der Waals surface area contributed by atoms with Gasteiger partial charge < -0.3 is 15.0 Å². The summed E-state index contributed by atoms with van der Waals surface area (Å²) in [5.41, 5.74) is -0.0693. The van der Waals surface area contributed by atoms with Crippen molar-refractivity contribution in [3.63, 3.8) is 0 Å². The third-order valence-corrected chi connectivity index (χ3v) is 6.88. The van der Waals surface area contributed by atoms with Gasteiger partial charge >= 0.3 is 6.03 Å². The summed E-state index contributed by atoms with van der Waals surface area (Å²) in [7, 11) is 1.51. The van der Waals surface area contributed by atoms with E-state index in [1.54, 1.807) is 41.3 Å². The summed E-state index contributed by atoms with van der Waals surface area (Å²) in [6.45, 7) is 1.23. The average molecular weight is 488 g/mol. The van der Waals surface area contributed by atoms with Gasteiger partial charge in [-0.25, -0.2) is 9.18 Å². The maximum atomic E-state index is 13.9. The Morgan fingerprint density at radius 1 is 1.18 bits per heavy atom. The standard InChI is InChI=1S/C25H27ClFN3O4/c1-34-13-12-30-23(32)25(28-24(30)33,16-17-4-2-7-21(27)14-17)19-8-10-29(11-9-19)22(31)18-5-3-6-20(26)15-18/h2-7,14-15,19H,8-13,16H2,1H3,(H,28,33). The maximum Gasteiger partial charge on any atom is 0.325 e. The highest BCUT2D eigenvalue weighted by Gasteiger charge is 2.55. The third-order valence-electron chi connectivity index (χ3n) is 6.64. The summed E-state index contributed by atoms with van der Waals surface area (Å²) < 4.78 is 19.0. The van der Waals surface area contributed by atoms with Crippen molar-refractivity contribution in [3.05, 3.63) is 70.5 Å². The molecule has 2 saturated heterocycles. The van der Waals surface area contributed by atoms with Gasteiger partial charge in [-0.2, -0.15) is 0 Å². The number of piperidine rings is 1. The maximum absolute atomic E-state index is 13.9. The van der Waals surface area contributed by atoms with Gasteiger partial charge in [0.25, 0.3) is 11.8 Å². The Morgan fingerprint density at radius 3 is 2.59 bits per heavy atom. The van der Waals surface area contributed by atoms with Crippen LogP contribution in [0.1, 0.15) is 28.8 Å². The number of amides is 4. The first kappa shape index (κ1) is 24.2. The van der Waals surface area contributed by atoms with Crippen LogP contribution in [-0.4, -0.2) is 66.5 Å². The van der Waals surface area contributed by atoms with E-state index in [9.17, 15) is 18.8 Å². The van der Waals surface area contributed by atoms with Gasteiger partial charge in [0.1, 0.15) is 11.4 Å². The molecule has 2 heterocycles. The van der Waals surface area contributed by atoms with Gasteiger partial charge in [0.15, 0.2) is 0 Å². The van der Waals surface area contributed by atoms with Gasteiger partial charge in [-0.05, 0) is 54.7 Å². The number of rotatable bonds is 7. The third kappa shape index (κ3) is 4.79. The number of carbonyl (C=O) groups is 3.